The van der Waals surface area contributed by atoms with Crippen LogP contribution >= 0.6 is 15.9 Å². The van der Waals surface area contributed by atoms with E-state index in [2.05, 4.69) is 36.5 Å². The maximum atomic E-state index is 5.33. The molecular weight excluding hydrogens is 284 g/mol. The fraction of sp³-hybridized carbons (Fsp3) is 0.273. The Morgan fingerprint density at radius 2 is 2.29 bits per heavy atom. The molecule has 5 nitrogen and oxygen atoms in total. The monoisotopic (exact) mass is 296 g/mol. The second-order valence-electron chi connectivity index (χ2n) is 3.52. The van der Waals surface area contributed by atoms with Crippen molar-refractivity contribution in [3.05, 3.63) is 34.8 Å². The second kappa shape index (κ2) is 5.18. The Balaban J connectivity index is 2.18. The Hall–Kier alpha value is -1.56. The lowest BCUT2D eigenvalue weighted by atomic mass is 10.2. The van der Waals surface area contributed by atoms with Crippen LogP contribution in [0.2, 0.25) is 0 Å². The lowest BCUT2D eigenvalue weighted by Gasteiger charge is -2.13. The highest BCUT2D eigenvalue weighted by Crippen LogP contribution is 2.25. The number of nitrogens with zero attached hydrogens (tertiary/aromatic N) is 2. The van der Waals surface area contributed by atoms with Gasteiger partial charge in [0.2, 0.25) is 5.95 Å². The van der Waals surface area contributed by atoms with Crippen LogP contribution in [0.25, 0.3) is 0 Å². The Kier molecular flexibility index (Phi) is 3.63. The standard InChI is InChI=1S/C11H13BrN4O/c1-7(9-4-3-5-17-9)15-10-8(12)6-14-11(13-2)16-10/h3-7H,1-2H3,(H2,13,14,15,16). The molecular formula is C11H13BrN4O. The predicted octanol–water partition coefficient (Wildman–Crippen LogP) is 3.05. The maximum absolute atomic E-state index is 5.33. The summed E-state index contributed by atoms with van der Waals surface area (Å²) in [5, 5.41) is 6.15. The van der Waals surface area contributed by atoms with E-state index in [0.29, 0.717) is 5.95 Å². The van der Waals surface area contributed by atoms with E-state index in [0.717, 1.165) is 16.1 Å². The molecule has 0 aliphatic carbocycles. The number of rotatable bonds is 4. The number of furan rings is 1. The summed E-state index contributed by atoms with van der Waals surface area (Å²) in [5.74, 6) is 2.16. The van der Waals surface area contributed by atoms with E-state index in [1.54, 1.807) is 19.5 Å². The molecule has 0 fully saturated rings. The number of aromatic nitrogens is 2. The molecule has 0 amide bonds. The first-order chi connectivity index (χ1) is 8.20. The average Bonchev–Trinajstić information content (AvgIpc) is 2.85. The van der Waals surface area contributed by atoms with E-state index in [1.165, 1.54) is 0 Å². The number of hydrogen-bond donors (Lipinski definition) is 2. The van der Waals surface area contributed by atoms with Crippen LogP contribution in [0.3, 0.4) is 0 Å². The quantitative estimate of drug-likeness (QED) is 0.908. The molecule has 2 aromatic rings. The third-order valence-electron chi connectivity index (χ3n) is 2.29. The van der Waals surface area contributed by atoms with E-state index >= 15 is 0 Å². The summed E-state index contributed by atoms with van der Waals surface area (Å²) in [6.45, 7) is 2.01. The number of halogens is 1. The smallest absolute Gasteiger partial charge is 0.224 e. The highest BCUT2D eigenvalue weighted by Gasteiger charge is 2.11. The normalized spacial score (nSPS) is 12.2. The van der Waals surface area contributed by atoms with Gasteiger partial charge in [0.25, 0.3) is 0 Å². The van der Waals surface area contributed by atoms with Crippen LogP contribution in [-0.2, 0) is 0 Å². The Morgan fingerprint density at radius 3 is 2.94 bits per heavy atom. The molecule has 2 aromatic heterocycles. The molecule has 2 N–H and O–H groups in total. The van der Waals surface area contributed by atoms with Gasteiger partial charge < -0.3 is 15.1 Å². The van der Waals surface area contributed by atoms with Gasteiger partial charge in [-0.15, -0.1) is 0 Å². The fourth-order valence-electron chi connectivity index (χ4n) is 1.40. The zero-order valence-corrected chi connectivity index (χ0v) is 11.2. The highest BCUT2D eigenvalue weighted by molar-refractivity contribution is 9.10. The molecule has 0 saturated heterocycles. The summed E-state index contributed by atoms with van der Waals surface area (Å²) in [6.07, 6.45) is 3.36. The Morgan fingerprint density at radius 1 is 1.47 bits per heavy atom. The Bertz CT molecular complexity index is 486. The molecule has 17 heavy (non-hydrogen) atoms. The van der Waals surface area contributed by atoms with Gasteiger partial charge in [-0.25, -0.2) is 4.98 Å². The molecule has 1 unspecified atom stereocenters. The summed E-state index contributed by atoms with van der Waals surface area (Å²) in [5.41, 5.74) is 0. The van der Waals surface area contributed by atoms with E-state index < -0.39 is 0 Å². The lowest BCUT2D eigenvalue weighted by Crippen LogP contribution is -2.09. The lowest BCUT2D eigenvalue weighted by molar-refractivity contribution is 0.490. The van der Waals surface area contributed by atoms with Crippen molar-refractivity contribution < 1.29 is 4.42 Å². The van der Waals surface area contributed by atoms with Crippen LogP contribution in [0.1, 0.15) is 18.7 Å². The molecule has 2 heterocycles. The summed E-state index contributed by atoms with van der Waals surface area (Å²) < 4.78 is 6.14. The van der Waals surface area contributed by atoms with Crippen molar-refractivity contribution in [1.29, 1.82) is 0 Å². The summed E-state index contributed by atoms with van der Waals surface area (Å²) in [4.78, 5) is 8.41. The summed E-state index contributed by atoms with van der Waals surface area (Å²) >= 11 is 3.41. The third-order valence-corrected chi connectivity index (χ3v) is 2.87. The maximum Gasteiger partial charge on any atom is 0.224 e. The minimum atomic E-state index is 0.0425. The van der Waals surface area contributed by atoms with Crippen molar-refractivity contribution in [3.8, 4) is 0 Å². The molecule has 0 saturated carbocycles. The van der Waals surface area contributed by atoms with Crippen LogP contribution in [0.15, 0.2) is 33.5 Å². The van der Waals surface area contributed by atoms with Crippen LogP contribution in [0.5, 0.6) is 0 Å². The largest absolute Gasteiger partial charge is 0.467 e. The minimum Gasteiger partial charge on any atom is -0.467 e. The topological polar surface area (TPSA) is 63.0 Å². The van der Waals surface area contributed by atoms with Gasteiger partial charge in [-0.2, -0.15) is 4.98 Å². The number of anilines is 2. The van der Waals surface area contributed by atoms with Gasteiger partial charge >= 0.3 is 0 Å². The van der Waals surface area contributed by atoms with Gasteiger partial charge in [-0.3, -0.25) is 0 Å². The van der Waals surface area contributed by atoms with Crippen molar-refractivity contribution in [3.63, 3.8) is 0 Å². The predicted molar refractivity (Wildman–Crippen MR) is 70.0 cm³/mol. The summed E-state index contributed by atoms with van der Waals surface area (Å²) in [7, 11) is 1.78. The van der Waals surface area contributed by atoms with Crippen LogP contribution in [-0.4, -0.2) is 17.0 Å². The fourth-order valence-corrected chi connectivity index (χ4v) is 1.71. The van der Waals surface area contributed by atoms with Crippen LogP contribution < -0.4 is 10.6 Å². The van der Waals surface area contributed by atoms with Crippen molar-refractivity contribution in [2.24, 2.45) is 0 Å². The number of nitrogens with one attached hydrogen (secondary N) is 2. The first-order valence-electron chi connectivity index (χ1n) is 5.21. The zero-order chi connectivity index (χ0) is 12.3. The van der Waals surface area contributed by atoms with Gasteiger partial charge in [0.15, 0.2) is 0 Å². The third kappa shape index (κ3) is 2.76. The van der Waals surface area contributed by atoms with Gasteiger partial charge in [0.1, 0.15) is 11.6 Å². The molecule has 0 aromatic carbocycles. The summed E-state index contributed by atoms with van der Waals surface area (Å²) in [6, 6.07) is 3.83. The molecule has 0 bridgehead atoms. The molecule has 6 heteroatoms. The molecule has 0 spiro atoms. The molecule has 0 aliphatic heterocycles. The number of hydrogen-bond acceptors (Lipinski definition) is 5. The van der Waals surface area contributed by atoms with E-state index in [9.17, 15) is 0 Å². The highest BCUT2D eigenvalue weighted by atomic mass is 79.9. The van der Waals surface area contributed by atoms with Gasteiger partial charge in [-0.1, -0.05) is 0 Å². The minimum absolute atomic E-state index is 0.0425. The zero-order valence-electron chi connectivity index (χ0n) is 9.57. The average molecular weight is 297 g/mol. The second-order valence-corrected chi connectivity index (χ2v) is 4.38. The van der Waals surface area contributed by atoms with Crippen molar-refractivity contribution >= 4 is 27.7 Å². The van der Waals surface area contributed by atoms with Crippen molar-refractivity contribution in [2.75, 3.05) is 17.7 Å². The van der Waals surface area contributed by atoms with E-state index in [1.807, 2.05) is 19.1 Å². The molecule has 0 radical (unpaired) electrons. The van der Waals surface area contributed by atoms with Crippen LogP contribution in [0, 0.1) is 0 Å². The van der Waals surface area contributed by atoms with Gasteiger partial charge in [0.05, 0.1) is 16.8 Å². The molecule has 90 valence electrons. The molecule has 2 rings (SSSR count). The van der Waals surface area contributed by atoms with Gasteiger partial charge in [-0.05, 0) is 35.0 Å². The first kappa shape index (κ1) is 11.9. The molecule has 1 atom stereocenters. The van der Waals surface area contributed by atoms with Gasteiger partial charge in [0, 0.05) is 13.2 Å². The Labute approximate surface area is 108 Å². The van der Waals surface area contributed by atoms with Crippen molar-refractivity contribution in [1.82, 2.24) is 9.97 Å². The molecule has 0 aliphatic rings. The first-order valence-corrected chi connectivity index (χ1v) is 6.00. The van der Waals surface area contributed by atoms with E-state index in [4.69, 9.17) is 4.42 Å². The van der Waals surface area contributed by atoms with Crippen LogP contribution in [0.4, 0.5) is 11.8 Å². The van der Waals surface area contributed by atoms with E-state index in [-0.39, 0.29) is 6.04 Å². The van der Waals surface area contributed by atoms with Crippen molar-refractivity contribution in [2.45, 2.75) is 13.0 Å². The SMILES string of the molecule is CNc1ncc(Br)c(NC(C)c2ccco2)n1.